The molecular weight excluding hydrogens is 400 g/mol. The summed E-state index contributed by atoms with van der Waals surface area (Å²) < 4.78 is 59.2. The third kappa shape index (κ3) is 4.94. The maximum absolute atomic E-state index is 13.3. The molecule has 2 atom stereocenters. The molecule has 158 valence electrons. The Morgan fingerprint density at radius 2 is 1.79 bits per heavy atom. The number of nitrogens with one attached hydrogen (secondary N) is 1. The third-order valence-corrected chi connectivity index (χ3v) is 7.09. The van der Waals surface area contributed by atoms with E-state index in [1.54, 1.807) is 38.1 Å². The van der Waals surface area contributed by atoms with Crippen molar-refractivity contribution in [1.82, 2.24) is 4.72 Å². The first-order chi connectivity index (χ1) is 13.6. The molecule has 1 aliphatic carbocycles. The summed E-state index contributed by atoms with van der Waals surface area (Å²) in [6.07, 6.45) is 1.69. The summed E-state index contributed by atoms with van der Waals surface area (Å²) in [5.41, 5.74) is -0.341. The number of aliphatic hydroxyl groups is 1. The highest BCUT2D eigenvalue weighted by molar-refractivity contribution is 7.90. The van der Waals surface area contributed by atoms with E-state index in [-0.39, 0.29) is 6.61 Å². The maximum atomic E-state index is 13.3. The van der Waals surface area contributed by atoms with Gasteiger partial charge in [-0.3, -0.25) is 0 Å². The smallest absolute Gasteiger partial charge is 0.214 e. The van der Waals surface area contributed by atoms with Crippen LogP contribution >= 0.6 is 0 Å². The highest BCUT2D eigenvalue weighted by Crippen LogP contribution is 2.40. The number of benzene rings is 2. The van der Waals surface area contributed by atoms with Crippen LogP contribution in [-0.2, 0) is 22.2 Å². The molecule has 1 saturated carbocycles. The first-order valence-corrected chi connectivity index (χ1v) is 11.1. The highest BCUT2D eigenvalue weighted by Gasteiger charge is 2.44. The van der Waals surface area contributed by atoms with Crippen molar-refractivity contribution in [1.29, 1.82) is 0 Å². The molecule has 0 spiro atoms. The predicted molar refractivity (Wildman–Crippen MR) is 106 cm³/mol. The first kappa shape index (κ1) is 21.7. The number of hydrogen-bond acceptors (Lipinski definition) is 4. The molecule has 8 heteroatoms. The highest BCUT2D eigenvalue weighted by atomic mass is 32.2. The van der Waals surface area contributed by atoms with Crippen LogP contribution in [0.5, 0.6) is 5.75 Å². The van der Waals surface area contributed by atoms with Crippen LogP contribution in [0.3, 0.4) is 0 Å². The Hall–Kier alpha value is -2.03. The van der Waals surface area contributed by atoms with Gasteiger partial charge in [-0.05, 0) is 68.5 Å². The molecule has 1 aliphatic rings. The lowest BCUT2D eigenvalue weighted by Gasteiger charge is -2.31. The van der Waals surface area contributed by atoms with Crippen LogP contribution < -0.4 is 9.46 Å². The summed E-state index contributed by atoms with van der Waals surface area (Å²) in [4.78, 5) is 0. The monoisotopic (exact) mass is 425 g/mol. The van der Waals surface area contributed by atoms with E-state index in [9.17, 15) is 22.3 Å². The first-order valence-electron chi connectivity index (χ1n) is 9.52. The molecule has 2 aromatic carbocycles. The lowest BCUT2D eigenvalue weighted by Crippen LogP contribution is -2.48. The van der Waals surface area contributed by atoms with E-state index in [2.05, 4.69) is 4.72 Å². The number of rotatable bonds is 7. The average molecular weight is 425 g/mol. The van der Waals surface area contributed by atoms with E-state index < -0.39 is 38.6 Å². The molecule has 0 unspecified atom stereocenters. The van der Waals surface area contributed by atoms with Crippen LogP contribution in [-0.4, -0.2) is 24.8 Å². The van der Waals surface area contributed by atoms with Crippen LogP contribution in [0.4, 0.5) is 8.78 Å². The minimum absolute atomic E-state index is 0.00485. The molecule has 29 heavy (non-hydrogen) atoms. The number of sulfonamides is 1. The molecule has 1 fully saturated rings. The Labute approximate surface area is 169 Å². The molecule has 3 rings (SSSR count). The molecule has 0 saturated heterocycles. The molecule has 0 radical (unpaired) electrons. The lowest BCUT2D eigenvalue weighted by molar-refractivity contribution is 0.0230. The second-order valence-corrected chi connectivity index (χ2v) is 9.94. The zero-order chi connectivity index (χ0) is 21.2. The fourth-order valence-corrected chi connectivity index (χ4v) is 4.51. The molecule has 0 amide bonds. The summed E-state index contributed by atoms with van der Waals surface area (Å²) >= 11 is 0. The lowest BCUT2D eigenvalue weighted by atomic mass is 9.89. The second-order valence-electron chi connectivity index (χ2n) is 7.67. The zero-order valence-electron chi connectivity index (χ0n) is 16.4. The van der Waals surface area contributed by atoms with Gasteiger partial charge >= 0.3 is 0 Å². The molecule has 5 nitrogen and oxygen atoms in total. The van der Waals surface area contributed by atoms with Crippen LogP contribution in [0.1, 0.15) is 44.2 Å². The standard InChI is InChI=1S/C21H25F2NO4S/c1-14(2)29(26,27)24-20-4-3-9-21(20,25)16-5-7-19(8-6-16)28-13-15-10-17(22)12-18(23)11-15/h5-8,10-12,14,20,24-25H,3-4,9,13H2,1-2H3/t20-,21+/m0/s1. The fraction of sp³-hybridized carbons (Fsp3) is 0.429. The summed E-state index contributed by atoms with van der Waals surface area (Å²) in [6.45, 7) is 3.18. The Morgan fingerprint density at radius 3 is 2.38 bits per heavy atom. The van der Waals surface area contributed by atoms with Gasteiger partial charge in [-0.15, -0.1) is 0 Å². The number of hydrogen-bond donors (Lipinski definition) is 2. The molecule has 0 aliphatic heterocycles. The van der Waals surface area contributed by atoms with E-state index in [1.165, 1.54) is 12.1 Å². The molecule has 2 N–H and O–H groups in total. The van der Waals surface area contributed by atoms with Gasteiger partial charge in [-0.2, -0.15) is 0 Å². The van der Waals surface area contributed by atoms with Crippen molar-refractivity contribution >= 4 is 10.0 Å². The normalized spacial score (nSPS) is 22.2. The van der Waals surface area contributed by atoms with E-state index in [4.69, 9.17) is 4.74 Å². The number of ether oxygens (including phenoxy) is 1. The average Bonchev–Trinajstić information content (AvgIpc) is 3.00. The van der Waals surface area contributed by atoms with Crippen molar-refractivity contribution < 1.29 is 27.0 Å². The second kappa shape index (κ2) is 8.38. The minimum atomic E-state index is -3.51. The van der Waals surface area contributed by atoms with E-state index in [1.807, 2.05) is 0 Å². The van der Waals surface area contributed by atoms with Crippen LogP contribution in [0, 0.1) is 11.6 Å². The van der Waals surface area contributed by atoms with Crippen LogP contribution in [0.2, 0.25) is 0 Å². The summed E-state index contributed by atoms with van der Waals surface area (Å²) in [6, 6.07) is 9.26. The van der Waals surface area contributed by atoms with Gasteiger partial charge in [-0.25, -0.2) is 21.9 Å². The molecule has 2 aromatic rings. The van der Waals surface area contributed by atoms with Gasteiger partial charge < -0.3 is 9.84 Å². The van der Waals surface area contributed by atoms with E-state index >= 15 is 0 Å². The maximum Gasteiger partial charge on any atom is 0.214 e. The van der Waals surface area contributed by atoms with Gasteiger partial charge in [0, 0.05) is 6.07 Å². The summed E-state index contributed by atoms with van der Waals surface area (Å²) in [7, 11) is -3.51. The Kier molecular flexibility index (Phi) is 6.26. The van der Waals surface area contributed by atoms with Crippen molar-refractivity contribution in [2.75, 3.05) is 0 Å². The topological polar surface area (TPSA) is 75.6 Å². The van der Waals surface area contributed by atoms with Crippen molar-refractivity contribution in [2.24, 2.45) is 0 Å². The molecule has 0 bridgehead atoms. The molecular formula is C21H25F2NO4S. The van der Waals surface area contributed by atoms with Crippen molar-refractivity contribution in [3.05, 3.63) is 65.2 Å². The zero-order valence-corrected chi connectivity index (χ0v) is 17.2. The van der Waals surface area contributed by atoms with Crippen molar-refractivity contribution in [2.45, 2.75) is 56.6 Å². The number of halogens is 2. The van der Waals surface area contributed by atoms with Gasteiger partial charge in [0.15, 0.2) is 0 Å². The Morgan fingerprint density at radius 1 is 1.17 bits per heavy atom. The van der Waals surface area contributed by atoms with Gasteiger partial charge in [0.1, 0.15) is 29.6 Å². The van der Waals surface area contributed by atoms with Gasteiger partial charge in [-0.1, -0.05) is 12.1 Å². The minimum Gasteiger partial charge on any atom is -0.489 e. The van der Waals surface area contributed by atoms with Crippen molar-refractivity contribution in [3.8, 4) is 5.75 Å². The van der Waals surface area contributed by atoms with Gasteiger partial charge in [0.25, 0.3) is 0 Å². The summed E-state index contributed by atoms with van der Waals surface area (Å²) in [5, 5.41) is 10.6. The Bertz CT molecular complexity index is 943. The molecule has 0 aromatic heterocycles. The Balaban J connectivity index is 1.71. The predicted octanol–water partition coefficient (Wildman–Crippen LogP) is 3.61. The van der Waals surface area contributed by atoms with Gasteiger partial charge in [0.05, 0.1) is 11.3 Å². The van der Waals surface area contributed by atoms with Crippen LogP contribution in [0.15, 0.2) is 42.5 Å². The van der Waals surface area contributed by atoms with Crippen LogP contribution in [0.25, 0.3) is 0 Å². The largest absolute Gasteiger partial charge is 0.489 e. The third-order valence-electron chi connectivity index (χ3n) is 5.24. The molecule has 0 heterocycles. The van der Waals surface area contributed by atoms with Gasteiger partial charge in [0.2, 0.25) is 10.0 Å². The summed E-state index contributed by atoms with van der Waals surface area (Å²) in [5.74, 6) is -0.867. The quantitative estimate of drug-likeness (QED) is 0.711. The SMILES string of the molecule is CC(C)S(=O)(=O)N[C@H]1CCC[C@@]1(O)c1ccc(OCc2cc(F)cc(F)c2)cc1. The fourth-order valence-electron chi connectivity index (χ4n) is 3.53. The van der Waals surface area contributed by atoms with Crippen molar-refractivity contribution in [3.63, 3.8) is 0 Å². The van der Waals surface area contributed by atoms with E-state index in [0.717, 1.165) is 6.07 Å². The van der Waals surface area contributed by atoms with E-state index in [0.29, 0.717) is 36.1 Å².